The number of rotatable bonds is 5. The van der Waals surface area contributed by atoms with Gasteiger partial charge in [0.25, 0.3) is 0 Å². The third-order valence-corrected chi connectivity index (χ3v) is 8.31. The van der Waals surface area contributed by atoms with Crippen LogP contribution in [0.25, 0.3) is 10.2 Å². The van der Waals surface area contributed by atoms with Crippen LogP contribution in [0.3, 0.4) is 0 Å². The average molecular weight is 460 g/mol. The molecule has 4 rings (SSSR count). The van der Waals surface area contributed by atoms with Gasteiger partial charge in [-0.2, -0.15) is 4.98 Å². The van der Waals surface area contributed by atoms with Gasteiger partial charge < -0.3 is 15.4 Å². The Morgan fingerprint density at radius 1 is 1.28 bits per heavy atom. The lowest BCUT2D eigenvalue weighted by Gasteiger charge is -2.33. The number of fused-ring (bicyclic) bond motifs is 1. The molecule has 2 saturated heterocycles. The summed E-state index contributed by atoms with van der Waals surface area (Å²) < 4.78 is 31.4. The largest absolute Gasteiger partial charge is 0.378 e. The van der Waals surface area contributed by atoms with Gasteiger partial charge in [0.15, 0.2) is 5.82 Å². The summed E-state index contributed by atoms with van der Waals surface area (Å²) in [7, 11) is -3.12. The van der Waals surface area contributed by atoms with Crippen molar-refractivity contribution in [1.29, 1.82) is 0 Å². The van der Waals surface area contributed by atoms with E-state index in [1.54, 1.807) is 15.6 Å². The molecule has 0 aliphatic carbocycles. The van der Waals surface area contributed by atoms with E-state index in [-0.39, 0.29) is 11.3 Å². The zero-order valence-electron chi connectivity index (χ0n) is 16.4. The van der Waals surface area contributed by atoms with Gasteiger partial charge in [-0.05, 0) is 42.8 Å². The molecule has 11 heteroatoms. The molecule has 160 valence electrons. The van der Waals surface area contributed by atoms with Crippen LogP contribution in [-0.4, -0.2) is 74.4 Å². The first-order chi connectivity index (χ1) is 13.8. The molecule has 0 radical (unpaired) electrons. The number of hydrogen-bond acceptors (Lipinski definition) is 8. The Morgan fingerprint density at radius 3 is 2.62 bits per heavy atom. The summed E-state index contributed by atoms with van der Waals surface area (Å²) in [5.41, 5.74) is 7.37. The van der Waals surface area contributed by atoms with Gasteiger partial charge in [0.2, 0.25) is 15.3 Å². The average Bonchev–Trinajstić information content (AvgIpc) is 3.09. The van der Waals surface area contributed by atoms with Crippen molar-refractivity contribution in [2.75, 3.05) is 50.5 Å². The van der Waals surface area contributed by atoms with Crippen LogP contribution in [0.5, 0.6) is 0 Å². The van der Waals surface area contributed by atoms with E-state index in [0.29, 0.717) is 32.2 Å². The maximum Gasteiger partial charge on any atom is 0.224 e. The predicted molar refractivity (Wildman–Crippen MR) is 116 cm³/mol. The number of anilines is 1. The lowest BCUT2D eigenvalue weighted by atomic mass is 9.88. The molecule has 0 bridgehead atoms. The van der Waals surface area contributed by atoms with Crippen LogP contribution in [0.15, 0.2) is 6.07 Å². The highest BCUT2D eigenvalue weighted by molar-refractivity contribution is 7.88. The van der Waals surface area contributed by atoms with Crippen LogP contribution >= 0.6 is 22.9 Å². The number of morpholine rings is 1. The third-order valence-electron chi connectivity index (χ3n) is 5.70. The molecule has 2 aromatic heterocycles. The molecule has 2 N–H and O–H groups in total. The summed E-state index contributed by atoms with van der Waals surface area (Å²) in [6, 6.07) is 2.04. The molecule has 2 aromatic rings. The minimum absolute atomic E-state index is 0.0139. The molecule has 2 fully saturated rings. The number of aromatic nitrogens is 2. The second kappa shape index (κ2) is 8.60. The van der Waals surface area contributed by atoms with Gasteiger partial charge in [0.05, 0.1) is 29.7 Å². The van der Waals surface area contributed by atoms with Gasteiger partial charge >= 0.3 is 0 Å². The van der Waals surface area contributed by atoms with Gasteiger partial charge in [-0.3, -0.25) is 0 Å². The maximum absolute atomic E-state index is 11.7. The molecular formula is C18H26ClN5O3S2. The molecule has 0 amide bonds. The number of nitrogens with two attached hydrogens (primary N) is 1. The summed E-state index contributed by atoms with van der Waals surface area (Å²) in [5, 5.41) is 0.251. The van der Waals surface area contributed by atoms with Crippen molar-refractivity contribution in [3.05, 3.63) is 16.2 Å². The van der Waals surface area contributed by atoms with E-state index >= 15 is 0 Å². The van der Waals surface area contributed by atoms with Gasteiger partial charge in [0, 0.05) is 37.1 Å². The highest BCUT2D eigenvalue weighted by Gasteiger charge is 2.29. The Morgan fingerprint density at radius 2 is 1.97 bits per heavy atom. The fraction of sp³-hybridized carbons (Fsp3) is 0.667. The van der Waals surface area contributed by atoms with Gasteiger partial charge in [-0.1, -0.05) is 0 Å². The van der Waals surface area contributed by atoms with Crippen molar-refractivity contribution in [2.24, 2.45) is 11.7 Å². The van der Waals surface area contributed by atoms with E-state index in [1.165, 1.54) is 6.26 Å². The zero-order valence-corrected chi connectivity index (χ0v) is 18.8. The molecule has 0 saturated carbocycles. The first-order valence-electron chi connectivity index (χ1n) is 9.80. The fourth-order valence-electron chi connectivity index (χ4n) is 4.06. The smallest absolute Gasteiger partial charge is 0.224 e. The van der Waals surface area contributed by atoms with Crippen LogP contribution < -0.4 is 10.6 Å². The van der Waals surface area contributed by atoms with E-state index in [0.717, 1.165) is 53.3 Å². The van der Waals surface area contributed by atoms with Crippen molar-refractivity contribution >= 4 is 49.0 Å². The number of piperidine rings is 1. The van der Waals surface area contributed by atoms with Crippen molar-refractivity contribution in [3.8, 4) is 0 Å². The fourth-order valence-corrected chi connectivity index (χ4v) is 6.29. The van der Waals surface area contributed by atoms with E-state index in [1.807, 2.05) is 0 Å². The predicted octanol–water partition coefficient (Wildman–Crippen LogP) is 1.72. The number of ether oxygens (including phenoxy) is 1. The van der Waals surface area contributed by atoms with Crippen LogP contribution in [0.1, 0.15) is 17.7 Å². The molecule has 4 heterocycles. The highest BCUT2D eigenvalue weighted by atomic mass is 35.5. The Bertz CT molecular complexity index is 969. The van der Waals surface area contributed by atoms with Crippen LogP contribution in [0, 0.1) is 5.92 Å². The number of sulfonamides is 1. The van der Waals surface area contributed by atoms with Crippen LogP contribution in [0.4, 0.5) is 5.82 Å². The first-order valence-corrected chi connectivity index (χ1v) is 12.8. The standard InChI is InChI=1S/C18H26ClN5O3S2/c1-29(25,26)24-4-2-12(3-5-24)14(20)10-13-11-15-16(28-13)17(22-18(19)21-15)23-6-8-27-9-7-23/h11-12,14H,2-10,20H2,1H3. The summed E-state index contributed by atoms with van der Waals surface area (Å²) in [5.74, 6) is 1.18. The van der Waals surface area contributed by atoms with Crippen LogP contribution in [0.2, 0.25) is 5.28 Å². The summed E-state index contributed by atoms with van der Waals surface area (Å²) in [6.07, 6.45) is 3.60. The topological polar surface area (TPSA) is 102 Å². The molecule has 0 aromatic carbocycles. The second-order valence-electron chi connectivity index (χ2n) is 7.71. The second-order valence-corrected chi connectivity index (χ2v) is 11.2. The molecule has 8 nitrogen and oxygen atoms in total. The van der Waals surface area contributed by atoms with Gasteiger partial charge in [0.1, 0.15) is 0 Å². The number of halogens is 1. The summed E-state index contributed by atoms with van der Waals surface area (Å²) in [6.45, 7) is 4.02. The van der Waals surface area contributed by atoms with Crippen molar-refractivity contribution in [2.45, 2.75) is 25.3 Å². The zero-order chi connectivity index (χ0) is 20.6. The Balaban J connectivity index is 1.48. The molecule has 1 unspecified atom stereocenters. The lowest BCUT2D eigenvalue weighted by molar-refractivity contribution is 0.122. The minimum Gasteiger partial charge on any atom is -0.378 e. The quantitative estimate of drug-likeness (QED) is 0.679. The van der Waals surface area contributed by atoms with Crippen molar-refractivity contribution in [1.82, 2.24) is 14.3 Å². The van der Waals surface area contributed by atoms with E-state index < -0.39 is 10.0 Å². The minimum atomic E-state index is -3.12. The maximum atomic E-state index is 11.7. The van der Waals surface area contributed by atoms with Gasteiger partial charge in [-0.25, -0.2) is 17.7 Å². The molecule has 29 heavy (non-hydrogen) atoms. The van der Waals surface area contributed by atoms with E-state index in [9.17, 15) is 8.42 Å². The Labute approximate surface area is 180 Å². The molecular weight excluding hydrogens is 434 g/mol. The monoisotopic (exact) mass is 459 g/mol. The molecule has 1 atom stereocenters. The molecule has 0 spiro atoms. The van der Waals surface area contributed by atoms with Crippen LogP contribution in [-0.2, 0) is 21.2 Å². The molecule has 2 aliphatic heterocycles. The summed E-state index contributed by atoms with van der Waals surface area (Å²) in [4.78, 5) is 12.2. The Kier molecular flexibility index (Phi) is 6.29. The number of nitrogens with zero attached hydrogens (tertiary/aromatic N) is 4. The number of thiophene rings is 1. The molecule has 2 aliphatic rings. The SMILES string of the molecule is CS(=O)(=O)N1CCC(C(N)Cc2cc3nc(Cl)nc(N4CCOCC4)c3s2)CC1. The highest BCUT2D eigenvalue weighted by Crippen LogP contribution is 2.34. The normalized spacial score (nSPS) is 21.0. The van der Waals surface area contributed by atoms with Crippen molar-refractivity contribution < 1.29 is 13.2 Å². The lowest BCUT2D eigenvalue weighted by Crippen LogP contribution is -2.43. The van der Waals surface area contributed by atoms with E-state index in [4.69, 9.17) is 22.1 Å². The van der Waals surface area contributed by atoms with Gasteiger partial charge in [-0.15, -0.1) is 11.3 Å². The Hall–Kier alpha value is -1.04. The third kappa shape index (κ3) is 4.83. The summed E-state index contributed by atoms with van der Waals surface area (Å²) >= 11 is 7.85. The van der Waals surface area contributed by atoms with Crippen molar-refractivity contribution in [3.63, 3.8) is 0 Å². The number of hydrogen-bond donors (Lipinski definition) is 1. The first kappa shape index (κ1) is 21.2. The van der Waals surface area contributed by atoms with E-state index in [2.05, 4.69) is 20.9 Å².